The largest absolute Gasteiger partial charge is 0.379 e. The Morgan fingerprint density at radius 3 is 3.06 bits per heavy atom. The van der Waals surface area contributed by atoms with E-state index >= 15 is 0 Å². The molecule has 100 valence electrons. The minimum absolute atomic E-state index is 0. The van der Waals surface area contributed by atoms with E-state index in [0.717, 1.165) is 39.1 Å². The molecule has 0 bridgehead atoms. The molecule has 0 radical (unpaired) electrons. The average molecular weight is 269 g/mol. The predicted molar refractivity (Wildman–Crippen MR) is 76.7 cm³/mol. The van der Waals surface area contributed by atoms with Crippen molar-refractivity contribution in [1.82, 2.24) is 5.32 Å². The summed E-state index contributed by atoms with van der Waals surface area (Å²) in [6.45, 7) is 3.88. The number of fused-ring (bicyclic) bond motifs is 1. The van der Waals surface area contributed by atoms with Gasteiger partial charge in [-0.1, -0.05) is 12.1 Å². The lowest BCUT2D eigenvalue weighted by Crippen LogP contribution is -2.34. The zero-order valence-corrected chi connectivity index (χ0v) is 11.6. The summed E-state index contributed by atoms with van der Waals surface area (Å²) in [6, 6.07) is 7.23. The van der Waals surface area contributed by atoms with Crippen molar-refractivity contribution in [3.63, 3.8) is 0 Å². The van der Waals surface area contributed by atoms with Crippen LogP contribution in [0, 0.1) is 0 Å². The number of ether oxygens (including phenoxy) is 1. The second-order valence-corrected chi connectivity index (χ2v) is 4.97. The fourth-order valence-electron chi connectivity index (χ4n) is 2.85. The lowest BCUT2D eigenvalue weighted by Gasteiger charge is -2.30. The van der Waals surface area contributed by atoms with Crippen LogP contribution < -0.4 is 10.2 Å². The fraction of sp³-hybridized carbons (Fsp3) is 0.571. The third-order valence-corrected chi connectivity index (χ3v) is 3.95. The van der Waals surface area contributed by atoms with E-state index in [9.17, 15) is 0 Å². The lowest BCUT2D eigenvalue weighted by molar-refractivity contribution is 0.193. The molecule has 1 aromatic carbocycles. The first-order valence-corrected chi connectivity index (χ1v) is 6.48. The highest BCUT2D eigenvalue weighted by Gasteiger charge is 2.23. The van der Waals surface area contributed by atoms with Gasteiger partial charge in [0.2, 0.25) is 0 Å². The Balaban J connectivity index is 0.00000120. The Bertz CT molecular complexity index is 405. The van der Waals surface area contributed by atoms with Gasteiger partial charge in [-0.15, -0.1) is 12.4 Å². The molecular formula is C14H21ClN2O. The molecular weight excluding hydrogens is 248 g/mol. The molecule has 3 nitrogen and oxygen atoms in total. The van der Waals surface area contributed by atoms with Crippen LogP contribution >= 0.6 is 12.4 Å². The van der Waals surface area contributed by atoms with Crippen LogP contribution in [0.2, 0.25) is 0 Å². The van der Waals surface area contributed by atoms with E-state index in [1.165, 1.54) is 16.8 Å². The van der Waals surface area contributed by atoms with Crippen molar-refractivity contribution in [3.05, 3.63) is 29.3 Å². The van der Waals surface area contributed by atoms with Gasteiger partial charge in [0.25, 0.3) is 0 Å². The number of benzene rings is 1. The van der Waals surface area contributed by atoms with Crippen molar-refractivity contribution in [2.75, 3.05) is 31.7 Å². The Labute approximate surface area is 115 Å². The maximum absolute atomic E-state index is 5.49. The van der Waals surface area contributed by atoms with Crippen LogP contribution in [0.3, 0.4) is 0 Å². The Morgan fingerprint density at radius 2 is 2.28 bits per heavy atom. The van der Waals surface area contributed by atoms with Crippen molar-refractivity contribution in [2.24, 2.45) is 0 Å². The summed E-state index contributed by atoms with van der Waals surface area (Å²) in [7, 11) is 2.20. The molecule has 1 N–H and O–H groups in total. The standard InChI is InChI=1S/C14H20N2O.ClH/c1-16(12-6-8-17-10-12)14-4-2-3-11-5-7-15-9-13(11)14;/h2-4,12,15H,5-10H2,1H3;1H. The summed E-state index contributed by atoms with van der Waals surface area (Å²) in [5.74, 6) is 0. The van der Waals surface area contributed by atoms with Gasteiger partial charge in [0.1, 0.15) is 0 Å². The monoisotopic (exact) mass is 268 g/mol. The molecule has 1 unspecified atom stereocenters. The number of hydrogen-bond donors (Lipinski definition) is 1. The first kappa shape index (κ1) is 13.7. The molecule has 0 amide bonds. The Hall–Kier alpha value is -0.770. The number of nitrogens with one attached hydrogen (secondary N) is 1. The first-order chi connectivity index (χ1) is 8.36. The normalized spacial score (nSPS) is 22.2. The third kappa shape index (κ3) is 2.48. The van der Waals surface area contributed by atoms with Gasteiger partial charge in [-0.2, -0.15) is 0 Å². The maximum Gasteiger partial charge on any atom is 0.0670 e. The second-order valence-electron chi connectivity index (χ2n) is 4.97. The molecule has 4 heteroatoms. The molecule has 0 spiro atoms. The van der Waals surface area contributed by atoms with Gasteiger partial charge < -0.3 is 15.0 Å². The zero-order chi connectivity index (χ0) is 11.7. The molecule has 2 aliphatic rings. The van der Waals surface area contributed by atoms with E-state index in [1.54, 1.807) is 0 Å². The maximum atomic E-state index is 5.49. The highest BCUT2D eigenvalue weighted by Crippen LogP contribution is 2.28. The Morgan fingerprint density at radius 1 is 1.39 bits per heavy atom. The SMILES string of the molecule is CN(c1cccc2c1CNCC2)C1CCOC1.Cl. The van der Waals surface area contributed by atoms with Gasteiger partial charge in [-0.25, -0.2) is 0 Å². The molecule has 2 aliphatic heterocycles. The van der Waals surface area contributed by atoms with Crippen LogP contribution in [0.5, 0.6) is 0 Å². The smallest absolute Gasteiger partial charge is 0.0670 e. The second kappa shape index (κ2) is 5.91. The van der Waals surface area contributed by atoms with Crippen LogP contribution in [0.1, 0.15) is 17.5 Å². The molecule has 1 atom stereocenters. The highest BCUT2D eigenvalue weighted by atomic mass is 35.5. The fourth-order valence-corrected chi connectivity index (χ4v) is 2.85. The van der Waals surface area contributed by atoms with Crippen molar-refractivity contribution >= 4 is 18.1 Å². The van der Waals surface area contributed by atoms with Crippen LogP contribution in [-0.2, 0) is 17.7 Å². The number of likely N-dealkylation sites (N-methyl/N-ethyl adjacent to an activating group) is 1. The molecule has 1 fully saturated rings. The number of hydrogen-bond acceptors (Lipinski definition) is 3. The highest BCUT2D eigenvalue weighted by molar-refractivity contribution is 5.85. The summed E-state index contributed by atoms with van der Waals surface area (Å²) < 4.78 is 5.49. The van der Waals surface area contributed by atoms with Crippen molar-refractivity contribution in [3.8, 4) is 0 Å². The molecule has 0 aliphatic carbocycles. The topological polar surface area (TPSA) is 24.5 Å². The predicted octanol–water partition coefficient (Wildman–Crippen LogP) is 1.98. The quantitative estimate of drug-likeness (QED) is 0.888. The number of anilines is 1. The summed E-state index contributed by atoms with van der Waals surface area (Å²) in [6.07, 6.45) is 2.30. The van der Waals surface area contributed by atoms with E-state index in [2.05, 4.69) is 35.5 Å². The first-order valence-electron chi connectivity index (χ1n) is 6.48. The van der Waals surface area contributed by atoms with E-state index < -0.39 is 0 Å². The van der Waals surface area contributed by atoms with Gasteiger partial charge in [0, 0.05) is 25.9 Å². The zero-order valence-electron chi connectivity index (χ0n) is 10.8. The Kier molecular flexibility index (Phi) is 4.49. The molecule has 18 heavy (non-hydrogen) atoms. The van der Waals surface area contributed by atoms with Crippen LogP contribution in [0.15, 0.2) is 18.2 Å². The van der Waals surface area contributed by atoms with Crippen LogP contribution in [0.4, 0.5) is 5.69 Å². The summed E-state index contributed by atoms with van der Waals surface area (Å²) in [5.41, 5.74) is 4.37. The lowest BCUT2D eigenvalue weighted by atomic mass is 9.98. The van der Waals surface area contributed by atoms with Crippen molar-refractivity contribution in [1.29, 1.82) is 0 Å². The number of halogens is 1. The van der Waals surface area contributed by atoms with E-state index in [0.29, 0.717) is 6.04 Å². The summed E-state index contributed by atoms with van der Waals surface area (Å²) >= 11 is 0. The van der Waals surface area contributed by atoms with Crippen molar-refractivity contribution < 1.29 is 4.74 Å². The summed E-state index contributed by atoms with van der Waals surface area (Å²) in [4.78, 5) is 2.40. The minimum atomic E-state index is 0. The average Bonchev–Trinajstić information content (AvgIpc) is 2.91. The van der Waals surface area contributed by atoms with Gasteiger partial charge in [0.15, 0.2) is 0 Å². The van der Waals surface area contributed by atoms with Crippen LogP contribution in [-0.4, -0.2) is 32.8 Å². The molecule has 0 saturated carbocycles. The van der Waals surface area contributed by atoms with Gasteiger partial charge in [0.05, 0.1) is 12.6 Å². The van der Waals surface area contributed by atoms with Gasteiger partial charge in [-0.05, 0) is 36.6 Å². The number of rotatable bonds is 2. The van der Waals surface area contributed by atoms with E-state index in [-0.39, 0.29) is 12.4 Å². The molecule has 0 aromatic heterocycles. The molecule has 3 rings (SSSR count). The number of nitrogens with zero attached hydrogens (tertiary/aromatic N) is 1. The minimum Gasteiger partial charge on any atom is -0.379 e. The van der Waals surface area contributed by atoms with Crippen molar-refractivity contribution in [2.45, 2.75) is 25.4 Å². The van der Waals surface area contributed by atoms with E-state index in [4.69, 9.17) is 4.74 Å². The van der Waals surface area contributed by atoms with Crippen LogP contribution in [0.25, 0.3) is 0 Å². The van der Waals surface area contributed by atoms with Gasteiger partial charge >= 0.3 is 0 Å². The third-order valence-electron chi connectivity index (χ3n) is 3.95. The molecule has 1 saturated heterocycles. The van der Waals surface area contributed by atoms with E-state index in [1.807, 2.05) is 0 Å². The summed E-state index contributed by atoms with van der Waals surface area (Å²) in [5, 5.41) is 3.47. The molecule has 2 heterocycles. The molecule has 1 aromatic rings. The van der Waals surface area contributed by atoms with Gasteiger partial charge in [-0.3, -0.25) is 0 Å².